The van der Waals surface area contributed by atoms with Crippen LogP contribution < -0.4 is 11.2 Å². The lowest BCUT2D eigenvalue weighted by atomic mass is 10.2. The molecule has 0 aliphatic carbocycles. The van der Waals surface area contributed by atoms with Crippen LogP contribution >= 0.6 is 11.3 Å². The van der Waals surface area contributed by atoms with Gasteiger partial charge in [0.15, 0.2) is 5.84 Å². The Morgan fingerprint density at radius 1 is 1.41 bits per heavy atom. The normalized spacial score (nSPS) is 11.3. The van der Waals surface area contributed by atoms with Crippen LogP contribution in [0.15, 0.2) is 35.7 Å². The first-order valence-corrected chi connectivity index (χ1v) is 6.84. The minimum Gasteiger partial charge on any atom is -0.382 e. The molecule has 0 fully saturated rings. The van der Waals surface area contributed by atoms with Crippen LogP contribution in [0.5, 0.6) is 0 Å². The molecule has 2 heterocycles. The molecule has 0 aliphatic rings. The Labute approximate surface area is 128 Å². The van der Waals surface area contributed by atoms with E-state index >= 15 is 0 Å². The van der Waals surface area contributed by atoms with Crippen LogP contribution in [0.25, 0.3) is 15.5 Å². The van der Waals surface area contributed by atoms with Crippen molar-refractivity contribution in [1.82, 2.24) is 19.8 Å². The summed E-state index contributed by atoms with van der Waals surface area (Å²) in [6, 6.07) is 9.04. The van der Waals surface area contributed by atoms with Gasteiger partial charge in [-0.25, -0.2) is 0 Å². The number of anilines is 1. The molecule has 1 aromatic carbocycles. The van der Waals surface area contributed by atoms with Crippen molar-refractivity contribution in [2.75, 3.05) is 5.43 Å². The van der Waals surface area contributed by atoms with Gasteiger partial charge in [0.25, 0.3) is 0 Å². The van der Waals surface area contributed by atoms with E-state index in [9.17, 15) is 0 Å². The van der Waals surface area contributed by atoms with Crippen molar-refractivity contribution in [3.63, 3.8) is 0 Å². The van der Waals surface area contributed by atoms with Crippen LogP contribution in [0.3, 0.4) is 0 Å². The van der Waals surface area contributed by atoms with E-state index in [1.807, 2.05) is 12.1 Å². The third-order valence-electron chi connectivity index (χ3n) is 2.68. The van der Waals surface area contributed by atoms with Crippen LogP contribution in [0.4, 0.5) is 5.69 Å². The lowest BCUT2D eigenvalue weighted by Gasteiger charge is -2.02. The van der Waals surface area contributed by atoms with Crippen LogP contribution in [-0.2, 0) is 0 Å². The molecule has 0 radical (unpaired) electrons. The fourth-order valence-corrected chi connectivity index (χ4v) is 2.45. The number of nitriles is 1. The summed E-state index contributed by atoms with van der Waals surface area (Å²) >= 11 is 1.43. The van der Waals surface area contributed by atoms with Crippen LogP contribution in [-0.4, -0.2) is 31.4 Å². The third-order valence-corrected chi connectivity index (χ3v) is 3.64. The van der Waals surface area contributed by atoms with Gasteiger partial charge in [0.05, 0.1) is 5.69 Å². The number of hydrazone groups is 1. The smallest absolute Gasteiger partial charge is 0.234 e. The molecule has 3 rings (SSSR count). The number of nitrogens with two attached hydrogens (primary N) is 1. The van der Waals surface area contributed by atoms with Gasteiger partial charge in [-0.15, -0.1) is 10.2 Å². The predicted molar refractivity (Wildman–Crippen MR) is 82.7 cm³/mol. The maximum Gasteiger partial charge on any atom is 0.234 e. The van der Waals surface area contributed by atoms with Gasteiger partial charge in [-0.2, -0.15) is 20.0 Å². The summed E-state index contributed by atoms with van der Waals surface area (Å²) in [7, 11) is 0. The zero-order valence-corrected chi connectivity index (χ0v) is 11.9. The van der Waals surface area contributed by atoms with E-state index in [0.717, 1.165) is 15.5 Å². The third kappa shape index (κ3) is 2.60. The second kappa shape index (κ2) is 5.58. The maximum absolute atomic E-state index is 8.75. The van der Waals surface area contributed by atoms with Crippen molar-refractivity contribution in [3.8, 4) is 16.6 Å². The van der Waals surface area contributed by atoms with Gasteiger partial charge in [-0.3, -0.25) is 10.8 Å². The van der Waals surface area contributed by atoms with Crippen LogP contribution in [0.1, 0.15) is 0 Å². The Balaban J connectivity index is 1.79. The van der Waals surface area contributed by atoms with Gasteiger partial charge in [0.2, 0.25) is 10.7 Å². The van der Waals surface area contributed by atoms with Crippen molar-refractivity contribution in [2.45, 2.75) is 0 Å². The highest BCUT2D eigenvalue weighted by Gasteiger charge is 2.07. The number of aromatic nitrogens is 4. The molecule has 0 bridgehead atoms. The molecule has 0 unspecified atom stereocenters. The van der Waals surface area contributed by atoms with E-state index in [-0.39, 0.29) is 11.5 Å². The minimum absolute atomic E-state index is 0.169. The molecule has 108 valence electrons. The quantitative estimate of drug-likeness (QED) is 0.374. The minimum atomic E-state index is -0.383. The van der Waals surface area contributed by atoms with Gasteiger partial charge >= 0.3 is 0 Å². The maximum atomic E-state index is 8.75. The zero-order chi connectivity index (χ0) is 15.5. The molecule has 9 nitrogen and oxygen atoms in total. The Bertz CT molecular complexity index is 868. The summed E-state index contributed by atoms with van der Waals surface area (Å²) < 4.78 is 1.61. The summed E-state index contributed by atoms with van der Waals surface area (Å²) in [5, 5.41) is 32.5. The molecule has 4 N–H and O–H groups in total. The first-order chi connectivity index (χ1) is 10.7. The monoisotopic (exact) mass is 311 g/mol. The molecule has 22 heavy (non-hydrogen) atoms. The number of hydrogen-bond donors (Lipinski definition) is 3. The largest absolute Gasteiger partial charge is 0.382 e. The first-order valence-electron chi connectivity index (χ1n) is 6.03. The number of nitrogens with zero attached hydrogens (tertiary/aromatic N) is 6. The van der Waals surface area contributed by atoms with Gasteiger partial charge in [-0.1, -0.05) is 11.3 Å². The van der Waals surface area contributed by atoms with E-state index in [2.05, 4.69) is 25.8 Å². The molecular formula is C12H9N9S. The van der Waals surface area contributed by atoms with E-state index in [0.29, 0.717) is 5.69 Å². The van der Waals surface area contributed by atoms with Crippen molar-refractivity contribution in [3.05, 3.63) is 30.6 Å². The van der Waals surface area contributed by atoms with E-state index in [4.69, 9.17) is 16.4 Å². The molecule has 2 aromatic heterocycles. The van der Waals surface area contributed by atoms with Crippen LogP contribution in [0, 0.1) is 16.7 Å². The second-order valence-corrected chi connectivity index (χ2v) is 5.10. The number of amidine groups is 1. The average Bonchev–Trinajstić information content (AvgIpc) is 3.09. The number of benzene rings is 1. The second-order valence-electron chi connectivity index (χ2n) is 4.14. The summed E-state index contributed by atoms with van der Waals surface area (Å²) in [5.41, 5.74) is 9.31. The van der Waals surface area contributed by atoms with Gasteiger partial charge in [0, 0.05) is 5.56 Å². The average molecular weight is 311 g/mol. The van der Waals surface area contributed by atoms with Crippen molar-refractivity contribution >= 4 is 33.5 Å². The Morgan fingerprint density at radius 2 is 2.18 bits per heavy atom. The highest BCUT2D eigenvalue weighted by atomic mass is 32.1. The standard InChI is InChI=1S/C12H9N9S/c13-5-9(10(14)15)18-17-8-3-1-7(2-4-8)11-20-21-6-16-19-12(21)22-11/h1-4,6,17H,(H3,14,15)/b18-9+. The summed E-state index contributed by atoms with van der Waals surface area (Å²) in [4.78, 5) is 0.724. The molecule has 0 atom stereocenters. The van der Waals surface area contributed by atoms with E-state index in [1.165, 1.54) is 11.3 Å². The Kier molecular flexibility index (Phi) is 3.47. The molecule has 10 heteroatoms. The first kappa shape index (κ1) is 13.7. The Morgan fingerprint density at radius 3 is 2.82 bits per heavy atom. The van der Waals surface area contributed by atoms with E-state index in [1.54, 1.807) is 29.0 Å². The summed E-state index contributed by atoms with van der Waals surface area (Å²) in [6.07, 6.45) is 1.55. The Hall–Kier alpha value is -3.32. The molecular weight excluding hydrogens is 302 g/mol. The molecule has 0 saturated carbocycles. The topological polar surface area (TPSA) is 141 Å². The fourth-order valence-electron chi connectivity index (χ4n) is 1.63. The number of nitrogens with one attached hydrogen (secondary N) is 2. The fraction of sp³-hybridized carbons (Fsp3) is 0. The predicted octanol–water partition coefficient (Wildman–Crippen LogP) is 1.08. The molecule has 0 spiro atoms. The molecule has 0 aliphatic heterocycles. The van der Waals surface area contributed by atoms with Gasteiger partial charge in [0.1, 0.15) is 17.4 Å². The van der Waals surface area contributed by atoms with Crippen molar-refractivity contribution in [2.24, 2.45) is 10.8 Å². The number of fused-ring (bicyclic) bond motifs is 1. The highest BCUT2D eigenvalue weighted by Crippen LogP contribution is 2.25. The number of rotatable bonds is 4. The zero-order valence-electron chi connectivity index (χ0n) is 11.1. The van der Waals surface area contributed by atoms with Crippen LogP contribution in [0.2, 0.25) is 0 Å². The molecule has 3 aromatic rings. The lowest BCUT2D eigenvalue weighted by Crippen LogP contribution is -2.21. The highest BCUT2D eigenvalue weighted by molar-refractivity contribution is 7.19. The summed E-state index contributed by atoms with van der Waals surface area (Å²) in [6.45, 7) is 0. The van der Waals surface area contributed by atoms with Gasteiger partial charge in [-0.05, 0) is 24.3 Å². The van der Waals surface area contributed by atoms with Gasteiger partial charge < -0.3 is 5.73 Å². The van der Waals surface area contributed by atoms with Crippen molar-refractivity contribution in [1.29, 1.82) is 10.7 Å². The van der Waals surface area contributed by atoms with Crippen molar-refractivity contribution < 1.29 is 0 Å². The molecule has 0 amide bonds. The van der Waals surface area contributed by atoms with E-state index < -0.39 is 0 Å². The SMILES string of the molecule is N#C/C(=N\Nc1ccc(-c2nn3cnnc3s2)cc1)C(=N)N. The summed E-state index contributed by atoms with van der Waals surface area (Å²) in [5.74, 6) is -0.383. The number of hydrogen-bond acceptors (Lipinski definition) is 8. The lowest BCUT2D eigenvalue weighted by molar-refractivity contribution is 0.960. The molecule has 0 saturated heterocycles.